The molecule has 0 saturated heterocycles. The van der Waals surface area contributed by atoms with E-state index in [9.17, 15) is 4.39 Å². The number of aromatic amines is 1. The first-order chi connectivity index (χ1) is 9.67. The molecule has 2 aromatic carbocycles. The van der Waals surface area contributed by atoms with Crippen molar-refractivity contribution in [3.05, 3.63) is 42.3 Å². The van der Waals surface area contributed by atoms with Crippen LogP contribution in [0.5, 0.6) is 5.75 Å². The Morgan fingerprint density at radius 2 is 2.10 bits per heavy atom. The van der Waals surface area contributed by atoms with Crippen LogP contribution >= 0.6 is 0 Å². The standard InChI is InChI=1S/C14H13FN4O/c1-20-14-5-9(15)2-3-11(14)18-13-6-12-8(4-10(13)16)7-17-19-12/h2-7,18H,16H2,1H3,(H,17,19). The fraction of sp³-hybridized carbons (Fsp3) is 0.0714. The van der Waals surface area contributed by atoms with Crippen molar-refractivity contribution in [3.63, 3.8) is 0 Å². The maximum absolute atomic E-state index is 13.2. The quantitative estimate of drug-likeness (QED) is 0.640. The number of fused-ring (bicyclic) bond motifs is 1. The van der Waals surface area contributed by atoms with E-state index < -0.39 is 0 Å². The first-order valence-corrected chi connectivity index (χ1v) is 6.00. The Balaban J connectivity index is 2.02. The van der Waals surface area contributed by atoms with Crippen molar-refractivity contribution in [1.29, 1.82) is 0 Å². The highest BCUT2D eigenvalue weighted by Gasteiger charge is 2.08. The smallest absolute Gasteiger partial charge is 0.145 e. The van der Waals surface area contributed by atoms with Crippen LogP contribution in [-0.4, -0.2) is 17.3 Å². The van der Waals surface area contributed by atoms with Gasteiger partial charge in [0, 0.05) is 11.5 Å². The highest BCUT2D eigenvalue weighted by molar-refractivity contribution is 5.90. The molecular formula is C14H13FN4O. The lowest BCUT2D eigenvalue weighted by Crippen LogP contribution is -1.99. The Morgan fingerprint density at radius 1 is 1.25 bits per heavy atom. The third-order valence-electron chi connectivity index (χ3n) is 3.04. The second-order valence-corrected chi connectivity index (χ2v) is 4.37. The van der Waals surface area contributed by atoms with Gasteiger partial charge in [0.1, 0.15) is 11.6 Å². The van der Waals surface area contributed by atoms with Crippen LogP contribution in [0.25, 0.3) is 10.9 Å². The summed E-state index contributed by atoms with van der Waals surface area (Å²) in [6, 6.07) is 7.94. The SMILES string of the molecule is COc1cc(F)ccc1Nc1cc2[nH]ncc2cc1N. The lowest BCUT2D eigenvalue weighted by atomic mass is 10.2. The zero-order chi connectivity index (χ0) is 14.1. The molecule has 0 saturated carbocycles. The molecular weight excluding hydrogens is 259 g/mol. The van der Waals surface area contributed by atoms with E-state index in [1.807, 2.05) is 12.1 Å². The van der Waals surface area contributed by atoms with E-state index in [0.717, 1.165) is 10.9 Å². The monoisotopic (exact) mass is 272 g/mol. The number of aromatic nitrogens is 2. The zero-order valence-corrected chi connectivity index (χ0v) is 10.8. The molecule has 0 unspecified atom stereocenters. The van der Waals surface area contributed by atoms with E-state index in [2.05, 4.69) is 15.5 Å². The molecule has 0 aliphatic carbocycles. The molecule has 4 N–H and O–H groups in total. The Labute approximate surface area is 114 Å². The third-order valence-corrected chi connectivity index (χ3v) is 3.04. The summed E-state index contributed by atoms with van der Waals surface area (Å²) in [5.41, 5.74) is 8.77. The molecule has 0 aliphatic heterocycles. The Hall–Kier alpha value is -2.76. The fourth-order valence-electron chi connectivity index (χ4n) is 2.03. The summed E-state index contributed by atoms with van der Waals surface area (Å²) in [4.78, 5) is 0. The van der Waals surface area contributed by atoms with Gasteiger partial charge in [-0.2, -0.15) is 5.10 Å². The fourth-order valence-corrected chi connectivity index (χ4v) is 2.03. The molecule has 1 heterocycles. The number of benzene rings is 2. The minimum absolute atomic E-state index is 0.357. The van der Waals surface area contributed by atoms with Gasteiger partial charge in [0.05, 0.1) is 35.9 Å². The first-order valence-electron chi connectivity index (χ1n) is 6.00. The summed E-state index contributed by atoms with van der Waals surface area (Å²) in [5.74, 6) is 0.0542. The molecule has 3 rings (SSSR count). The molecule has 0 bridgehead atoms. The maximum atomic E-state index is 13.2. The number of methoxy groups -OCH3 is 1. The number of hydrogen-bond donors (Lipinski definition) is 3. The van der Waals surface area contributed by atoms with Gasteiger partial charge in [-0.3, -0.25) is 5.10 Å². The molecule has 20 heavy (non-hydrogen) atoms. The molecule has 0 fully saturated rings. The summed E-state index contributed by atoms with van der Waals surface area (Å²) in [6.45, 7) is 0. The van der Waals surface area contributed by atoms with Gasteiger partial charge in [-0.05, 0) is 24.3 Å². The minimum Gasteiger partial charge on any atom is -0.494 e. The average Bonchev–Trinajstić information content (AvgIpc) is 2.88. The second-order valence-electron chi connectivity index (χ2n) is 4.37. The van der Waals surface area contributed by atoms with Crippen LogP contribution in [0.15, 0.2) is 36.5 Å². The number of rotatable bonds is 3. The Morgan fingerprint density at radius 3 is 2.90 bits per heavy atom. The van der Waals surface area contributed by atoms with Crippen molar-refractivity contribution in [2.45, 2.75) is 0 Å². The van der Waals surface area contributed by atoms with Gasteiger partial charge in [0.2, 0.25) is 0 Å². The molecule has 0 radical (unpaired) electrons. The van der Waals surface area contributed by atoms with Gasteiger partial charge in [0.15, 0.2) is 0 Å². The number of nitrogens with two attached hydrogens (primary N) is 1. The number of nitrogen functional groups attached to an aromatic ring is 1. The molecule has 3 aromatic rings. The Kier molecular flexibility index (Phi) is 2.90. The molecule has 0 spiro atoms. The van der Waals surface area contributed by atoms with Gasteiger partial charge in [0.25, 0.3) is 0 Å². The third kappa shape index (κ3) is 2.11. The first kappa shape index (κ1) is 12.3. The van der Waals surface area contributed by atoms with E-state index in [1.54, 1.807) is 12.3 Å². The number of anilines is 3. The van der Waals surface area contributed by atoms with Crippen LogP contribution in [0.3, 0.4) is 0 Å². The largest absolute Gasteiger partial charge is 0.494 e. The zero-order valence-electron chi connectivity index (χ0n) is 10.8. The summed E-state index contributed by atoms with van der Waals surface area (Å²) < 4.78 is 18.3. The normalized spacial score (nSPS) is 10.7. The summed E-state index contributed by atoms with van der Waals surface area (Å²) in [7, 11) is 1.49. The van der Waals surface area contributed by atoms with Crippen molar-refractivity contribution in [2.75, 3.05) is 18.2 Å². The number of hydrogen-bond acceptors (Lipinski definition) is 4. The van der Waals surface area contributed by atoms with Gasteiger partial charge in [-0.15, -0.1) is 0 Å². The number of H-pyrrole nitrogens is 1. The number of nitrogens with zero attached hydrogens (tertiary/aromatic N) is 1. The van der Waals surface area contributed by atoms with Crippen LogP contribution in [0, 0.1) is 5.82 Å². The molecule has 1 aromatic heterocycles. The predicted molar refractivity (Wildman–Crippen MR) is 76.7 cm³/mol. The van der Waals surface area contributed by atoms with Crippen molar-refractivity contribution < 1.29 is 9.13 Å². The number of nitrogens with one attached hydrogen (secondary N) is 2. The van der Waals surface area contributed by atoms with E-state index in [0.29, 0.717) is 22.8 Å². The number of halogens is 1. The molecule has 0 amide bonds. The molecule has 102 valence electrons. The van der Waals surface area contributed by atoms with E-state index in [4.69, 9.17) is 10.5 Å². The molecule has 6 heteroatoms. The lowest BCUT2D eigenvalue weighted by molar-refractivity contribution is 0.413. The topological polar surface area (TPSA) is 76.0 Å². The highest BCUT2D eigenvalue weighted by atomic mass is 19.1. The lowest BCUT2D eigenvalue weighted by Gasteiger charge is -2.13. The van der Waals surface area contributed by atoms with Gasteiger partial charge in [-0.1, -0.05) is 0 Å². The molecule has 0 aliphatic rings. The van der Waals surface area contributed by atoms with Gasteiger partial charge >= 0.3 is 0 Å². The van der Waals surface area contributed by atoms with E-state index in [-0.39, 0.29) is 5.82 Å². The predicted octanol–water partition coefficient (Wildman–Crippen LogP) is 3.04. The Bertz CT molecular complexity index is 769. The van der Waals surface area contributed by atoms with Crippen LogP contribution in [0.4, 0.5) is 21.5 Å². The van der Waals surface area contributed by atoms with Crippen molar-refractivity contribution in [2.24, 2.45) is 0 Å². The van der Waals surface area contributed by atoms with Crippen molar-refractivity contribution in [1.82, 2.24) is 10.2 Å². The van der Waals surface area contributed by atoms with E-state index >= 15 is 0 Å². The van der Waals surface area contributed by atoms with E-state index in [1.165, 1.54) is 19.2 Å². The van der Waals surface area contributed by atoms with Gasteiger partial charge in [-0.25, -0.2) is 4.39 Å². The summed E-state index contributed by atoms with van der Waals surface area (Å²) in [6.07, 6.45) is 1.70. The molecule has 5 nitrogen and oxygen atoms in total. The van der Waals surface area contributed by atoms with Crippen LogP contribution < -0.4 is 15.8 Å². The van der Waals surface area contributed by atoms with Crippen LogP contribution in [0.1, 0.15) is 0 Å². The number of ether oxygens (including phenoxy) is 1. The minimum atomic E-state index is -0.357. The van der Waals surface area contributed by atoms with Crippen LogP contribution in [-0.2, 0) is 0 Å². The maximum Gasteiger partial charge on any atom is 0.145 e. The van der Waals surface area contributed by atoms with Crippen molar-refractivity contribution >= 4 is 28.0 Å². The average molecular weight is 272 g/mol. The molecule has 0 atom stereocenters. The van der Waals surface area contributed by atoms with Crippen molar-refractivity contribution in [3.8, 4) is 5.75 Å². The van der Waals surface area contributed by atoms with Gasteiger partial charge < -0.3 is 15.8 Å². The van der Waals surface area contributed by atoms with Crippen LogP contribution in [0.2, 0.25) is 0 Å². The summed E-state index contributed by atoms with van der Waals surface area (Å²) in [5, 5.41) is 10.9. The summed E-state index contributed by atoms with van der Waals surface area (Å²) >= 11 is 0. The highest BCUT2D eigenvalue weighted by Crippen LogP contribution is 2.32. The second kappa shape index (κ2) is 4.73.